The number of amides is 2. The van der Waals surface area contributed by atoms with Crippen molar-refractivity contribution in [1.29, 1.82) is 0 Å². The Morgan fingerprint density at radius 3 is 2.86 bits per heavy atom. The number of rotatable bonds is 4. The van der Waals surface area contributed by atoms with Crippen LogP contribution in [-0.4, -0.2) is 42.3 Å². The highest BCUT2D eigenvalue weighted by atomic mass is 32.2. The van der Waals surface area contributed by atoms with Gasteiger partial charge < -0.3 is 15.4 Å². The first kappa shape index (κ1) is 15.5. The van der Waals surface area contributed by atoms with E-state index >= 15 is 0 Å². The van der Waals surface area contributed by atoms with Crippen LogP contribution in [0.25, 0.3) is 0 Å². The number of thioether (sulfide) groups is 1. The molecule has 0 aromatic rings. The standard InChI is InChI=1S/C16H28N2O2S/c1-2-15(5-3-6-15)11-17-14(19)18-13-4-8-20-16(10-13)7-9-21-12-16/h13H,2-12H2,1H3,(H2,17,18,19)/t13-,16-/m0/s1. The Morgan fingerprint density at radius 1 is 1.38 bits per heavy atom. The summed E-state index contributed by atoms with van der Waals surface area (Å²) in [5.41, 5.74) is 0.426. The number of hydrogen-bond acceptors (Lipinski definition) is 3. The molecule has 5 heteroatoms. The lowest BCUT2D eigenvalue weighted by molar-refractivity contribution is -0.0684. The van der Waals surface area contributed by atoms with Crippen LogP contribution >= 0.6 is 11.8 Å². The molecule has 2 atom stereocenters. The van der Waals surface area contributed by atoms with Crippen LogP contribution in [0.3, 0.4) is 0 Å². The van der Waals surface area contributed by atoms with Crippen molar-refractivity contribution in [2.75, 3.05) is 24.7 Å². The highest BCUT2D eigenvalue weighted by Crippen LogP contribution is 2.43. The summed E-state index contributed by atoms with van der Waals surface area (Å²) >= 11 is 1.97. The molecule has 2 saturated heterocycles. The first-order valence-corrected chi connectivity index (χ1v) is 9.57. The van der Waals surface area contributed by atoms with E-state index in [1.165, 1.54) is 31.4 Å². The third kappa shape index (κ3) is 3.50. The Morgan fingerprint density at radius 2 is 2.24 bits per heavy atom. The average Bonchev–Trinajstić information content (AvgIpc) is 2.86. The summed E-state index contributed by atoms with van der Waals surface area (Å²) in [5, 5.41) is 6.28. The van der Waals surface area contributed by atoms with Crippen molar-refractivity contribution in [3.05, 3.63) is 0 Å². The maximum absolute atomic E-state index is 12.1. The van der Waals surface area contributed by atoms with Gasteiger partial charge in [-0.05, 0) is 49.7 Å². The van der Waals surface area contributed by atoms with Crippen LogP contribution in [0.2, 0.25) is 0 Å². The Hall–Kier alpha value is -0.420. The molecule has 1 aliphatic carbocycles. The van der Waals surface area contributed by atoms with Crippen molar-refractivity contribution < 1.29 is 9.53 Å². The third-order valence-corrected chi connectivity index (χ3v) is 6.91. The topological polar surface area (TPSA) is 50.4 Å². The summed E-state index contributed by atoms with van der Waals surface area (Å²) in [5.74, 6) is 2.28. The Bertz CT molecular complexity index is 373. The number of carbonyl (C=O) groups is 1. The van der Waals surface area contributed by atoms with Gasteiger partial charge in [0.25, 0.3) is 0 Å². The molecule has 0 aromatic carbocycles. The molecule has 1 spiro atoms. The molecule has 120 valence electrons. The second kappa shape index (κ2) is 6.37. The molecule has 2 heterocycles. The van der Waals surface area contributed by atoms with Crippen molar-refractivity contribution in [3.63, 3.8) is 0 Å². The summed E-state index contributed by atoms with van der Waals surface area (Å²) in [6, 6.07) is 0.291. The number of nitrogens with one attached hydrogen (secondary N) is 2. The highest BCUT2D eigenvalue weighted by molar-refractivity contribution is 7.99. The molecule has 0 radical (unpaired) electrons. The van der Waals surface area contributed by atoms with Gasteiger partial charge >= 0.3 is 6.03 Å². The number of ether oxygens (including phenoxy) is 1. The summed E-state index contributed by atoms with van der Waals surface area (Å²) < 4.78 is 6.00. The average molecular weight is 312 g/mol. The van der Waals surface area contributed by atoms with E-state index in [0.29, 0.717) is 5.41 Å². The van der Waals surface area contributed by atoms with Gasteiger partial charge in [0.05, 0.1) is 5.60 Å². The smallest absolute Gasteiger partial charge is 0.315 e. The van der Waals surface area contributed by atoms with Crippen LogP contribution in [0, 0.1) is 5.41 Å². The predicted octanol–water partition coefficient (Wildman–Crippen LogP) is 2.92. The molecule has 3 aliphatic rings. The molecular formula is C16H28N2O2S. The fourth-order valence-electron chi connectivity index (χ4n) is 3.85. The normalized spacial score (nSPS) is 34.4. The zero-order valence-electron chi connectivity index (χ0n) is 13.1. The quantitative estimate of drug-likeness (QED) is 0.839. The molecule has 4 nitrogen and oxygen atoms in total. The van der Waals surface area contributed by atoms with E-state index in [2.05, 4.69) is 17.6 Å². The predicted molar refractivity (Wildman–Crippen MR) is 86.8 cm³/mol. The van der Waals surface area contributed by atoms with E-state index in [-0.39, 0.29) is 17.7 Å². The van der Waals surface area contributed by atoms with E-state index in [9.17, 15) is 4.79 Å². The van der Waals surface area contributed by atoms with Gasteiger partial charge in [-0.15, -0.1) is 0 Å². The number of urea groups is 1. The van der Waals surface area contributed by atoms with Crippen molar-refractivity contribution in [2.24, 2.45) is 5.41 Å². The maximum Gasteiger partial charge on any atom is 0.315 e. The Balaban J connectivity index is 1.44. The van der Waals surface area contributed by atoms with Crippen molar-refractivity contribution in [1.82, 2.24) is 10.6 Å². The number of hydrogen-bond donors (Lipinski definition) is 2. The lowest BCUT2D eigenvalue weighted by Crippen LogP contribution is -2.52. The Labute approximate surface area is 132 Å². The van der Waals surface area contributed by atoms with Crippen molar-refractivity contribution >= 4 is 17.8 Å². The summed E-state index contributed by atoms with van der Waals surface area (Å²) in [6.45, 7) is 3.85. The van der Waals surface area contributed by atoms with E-state index < -0.39 is 0 Å². The monoisotopic (exact) mass is 312 g/mol. The van der Waals surface area contributed by atoms with E-state index in [1.54, 1.807) is 0 Å². The van der Waals surface area contributed by atoms with Gasteiger partial charge in [-0.25, -0.2) is 4.79 Å². The lowest BCUT2D eigenvalue weighted by atomic mass is 9.67. The molecule has 3 fully saturated rings. The third-order valence-electron chi connectivity index (χ3n) is 5.68. The van der Waals surface area contributed by atoms with Gasteiger partial charge in [0.15, 0.2) is 0 Å². The molecule has 1 saturated carbocycles. The summed E-state index contributed by atoms with van der Waals surface area (Å²) in [6.07, 6.45) is 8.08. The van der Waals surface area contributed by atoms with E-state index in [4.69, 9.17) is 4.74 Å². The SMILES string of the molecule is CCC1(CNC(=O)N[C@H]2CCO[C@@]3(CCSC3)C2)CCC1. The van der Waals surface area contributed by atoms with Gasteiger partial charge in [-0.1, -0.05) is 13.3 Å². The van der Waals surface area contributed by atoms with Crippen LogP contribution in [0.5, 0.6) is 0 Å². The minimum Gasteiger partial charge on any atom is -0.374 e. The molecule has 0 bridgehead atoms. The molecular weight excluding hydrogens is 284 g/mol. The van der Waals surface area contributed by atoms with Crippen LogP contribution < -0.4 is 10.6 Å². The minimum atomic E-state index is 0.0161. The van der Waals surface area contributed by atoms with E-state index in [1.807, 2.05) is 11.8 Å². The summed E-state index contributed by atoms with van der Waals surface area (Å²) in [7, 11) is 0. The van der Waals surface area contributed by atoms with Crippen LogP contribution in [0.4, 0.5) is 4.79 Å². The minimum absolute atomic E-state index is 0.0161. The molecule has 0 aromatic heterocycles. The first-order chi connectivity index (χ1) is 10.2. The molecule has 0 unspecified atom stereocenters. The maximum atomic E-state index is 12.1. The fourth-order valence-corrected chi connectivity index (χ4v) is 5.23. The lowest BCUT2D eigenvalue weighted by Gasteiger charge is -2.42. The molecule has 2 amide bonds. The second-order valence-electron chi connectivity index (χ2n) is 7.06. The van der Waals surface area contributed by atoms with Crippen LogP contribution in [-0.2, 0) is 4.74 Å². The number of carbonyl (C=O) groups excluding carboxylic acids is 1. The Kier molecular flexibility index (Phi) is 4.69. The zero-order valence-corrected chi connectivity index (χ0v) is 13.9. The molecule has 2 N–H and O–H groups in total. The molecule has 21 heavy (non-hydrogen) atoms. The zero-order chi connectivity index (χ0) is 14.8. The largest absolute Gasteiger partial charge is 0.374 e. The fraction of sp³-hybridized carbons (Fsp3) is 0.938. The van der Waals surface area contributed by atoms with Crippen molar-refractivity contribution in [2.45, 2.75) is 63.5 Å². The first-order valence-electron chi connectivity index (χ1n) is 8.41. The second-order valence-corrected chi connectivity index (χ2v) is 8.16. The van der Waals surface area contributed by atoms with Gasteiger partial charge in [0.2, 0.25) is 0 Å². The van der Waals surface area contributed by atoms with Crippen LogP contribution in [0.1, 0.15) is 51.9 Å². The van der Waals surface area contributed by atoms with Crippen LogP contribution in [0.15, 0.2) is 0 Å². The van der Waals surface area contributed by atoms with Gasteiger partial charge in [-0.2, -0.15) is 11.8 Å². The molecule has 2 aliphatic heterocycles. The summed E-state index contributed by atoms with van der Waals surface area (Å²) in [4.78, 5) is 12.1. The van der Waals surface area contributed by atoms with Crippen molar-refractivity contribution in [3.8, 4) is 0 Å². The van der Waals surface area contributed by atoms with E-state index in [0.717, 1.165) is 38.2 Å². The van der Waals surface area contributed by atoms with Gasteiger partial charge in [-0.3, -0.25) is 0 Å². The molecule has 3 rings (SSSR count). The highest BCUT2D eigenvalue weighted by Gasteiger charge is 2.41. The van der Waals surface area contributed by atoms with Gasteiger partial charge in [0, 0.05) is 24.9 Å². The van der Waals surface area contributed by atoms with Gasteiger partial charge in [0.1, 0.15) is 0 Å².